The molecule has 282 valence electrons. The molecule has 3 aliphatic rings. The number of H-pyrrole nitrogens is 2. The average Bonchev–Trinajstić information content (AvgIpc) is 4.08. The molecule has 2 saturated heterocycles. The minimum atomic E-state index is -0.338. The van der Waals surface area contributed by atoms with E-state index in [2.05, 4.69) is 98.6 Å². The lowest BCUT2D eigenvalue weighted by Crippen LogP contribution is -2.40. The highest BCUT2D eigenvalue weighted by atomic mass is 16.2. The third kappa shape index (κ3) is 6.54. The van der Waals surface area contributed by atoms with E-state index in [4.69, 9.17) is 4.98 Å². The van der Waals surface area contributed by atoms with E-state index >= 15 is 0 Å². The topological polar surface area (TPSA) is 95.0 Å². The smallest absolute Gasteiger partial charge is 0.333 e. The van der Waals surface area contributed by atoms with Crippen molar-refractivity contribution < 1.29 is 0 Å². The average molecular weight is 742 g/mol. The highest BCUT2D eigenvalue weighted by Gasteiger charge is 2.23. The van der Waals surface area contributed by atoms with Crippen LogP contribution in [0.4, 0.5) is 0 Å². The van der Waals surface area contributed by atoms with Crippen LogP contribution in [-0.2, 0) is 25.9 Å². The molecule has 3 aromatic carbocycles. The summed E-state index contributed by atoms with van der Waals surface area (Å²) in [5.74, 6) is 0. The molecule has 7 aromatic rings. The fourth-order valence-electron chi connectivity index (χ4n) is 9.18. The number of hydrogen-bond donors (Lipinski definition) is 2. The number of nitrogens with one attached hydrogen (secondary N) is 2. The molecule has 4 aromatic heterocycles. The number of aryl methyl sites for hydroxylation is 2. The number of fused-ring (bicyclic) bond motifs is 6. The van der Waals surface area contributed by atoms with Gasteiger partial charge in [-0.1, -0.05) is 48.6 Å². The Kier molecular flexibility index (Phi) is 9.12. The molecule has 9 heteroatoms. The van der Waals surface area contributed by atoms with Gasteiger partial charge in [-0.25, -0.2) is 9.78 Å². The summed E-state index contributed by atoms with van der Waals surface area (Å²) in [6.07, 6.45) is 14.7. The zero-order valence-corrected chi connectivity index (χ0v) is 31.8. The van der Waals surface area contributed by atoms with Crippen molar-refractivity contribution >= 4 is 44.0 Å². The van der Waals surface area contributed by atoms with Crippen molar-refractivity contribution in [2.45, 2.75) is 51.6 Å². The van der Waals surface area contributed by atoms with Crippen LogP contribution in [0.15, 0.2) is 113 Å². The molecule has 6 heterocycles. The molecule has 2 aliphatic heterocycles. The van der Waals surface area contributed by atoms with Crippen LogP contribution in [0.2, 0.25) is 0 Å². The Labute approximate surface area is 325 Å². The third-order valence-electron chi connectivity index (χ3n) is 12.3. The number of rotatable bonds is 10. The molecule has 56 heavy (non-hydrogen) atoms. The van der Waals surface area contributed by atoms with E-state index in [0.29, 0.717) is 17.6 Å². The van der Waals surface area contributed by atoms with Crippen LogP contribution < -0.4 is 11.2 Å². The SMILES string of the molecule is O=c1c2cc3c(nc2n(C/C=C(\CN2CCCC2)c2ccc4[nH]ccc4c2)c(=O)n1C/C=C(\CN1CCCC1)c1ccc2[nH]ccc2c1)-c1ccccc1CC3. The van der Waals surface area contributed by atoms with E-state index in [1.165, 1.54) is 41.4 Å². The lowest BCUT2D eigenvalue weighted by atomic mass is 9.89. The summed E-state index contributed by atoms with van der Waals surface area (Å²) in [5.41, 5.74) is 10.8. The van der Waals surface area contributed by atoms with Crippen LogP contribution in [0.1, 0.15) is 47.9 Å². The van der Waals surface area contributed by atoms with E-state index < -0.39 is 0 Å². The molecule has 2 fully saturated rings. The lowest BCUT2D eigenvalue weighted by molar-refractivity contribution is 0.382. The molecule has 0 atom stereocenters. The van der Waals surface area contributed by atoms with Crippen molar-refractivity contribution in [3.05, 3.63) is 147 Å². The molecule has 2 N–H and O–H groups in total. The van der Waals surface area contributed by atoms with Crippen molar-refractivity contribution in [3.63, 3.8) is 0 Å². The number of benzene rings is 3. The fourth-order valence-corrected chi connectivity index (χ4v) is 9.18. The summed E-state index contributed by atoms with van der Waals surface area (Å²) < 4.78 is 3.18. The highest BCUT2D eigenvalue weighted by molar-refractivity contribution is 5.86. The van der Waals surface area contributed by atoms with Gasteiger partial charge in [0.15, 0.2) is 5.65 Å². The summed E-state index contributed by atoms with van der Waals surface area (Å²) in [6.45, 7) is 6.27. The molecule has 0 unspecified atom stereocenters. The number of hydrogen-bond acceptors (Lipinski definition) is 5. The number of pyridine rings is 1. The molecule has 0 bridgehead atoms. The van der Waals surface area contributed by atoms with Gasteiger partial charge in [0.25, 0.3) is 5.56 Å². The molecule has 0 amide bonds. The van der Waals surface area contributed by atoms with Crippen molar-refractivity contribution in [2.24, 2.45) is 0 Å². The number of allylic oxidation sites excluding steroid dienone is 2. The molecule has 9 nitrogen and oxygen atoms in total. The van der Waals surface area contributed by atoms with Gasteiger partial charge >= 0.3 is 5.69 Å². The third-order valence-corrected chi connectivity index (χ3v) is 12.3. The molecule has 1 aliphatic carbocycles. The number of likely N-dealkylation sites (tertiary alicyclic amines) is 2. The number of aromatic nitrogens is 5. The van der Waals surface area contributed by atoms with Gasteiger partial charge in [0.1, 0.15) is 0 Å². The summed E-state index contributed by atoms with van der Waals surface area (Å²) in [4.78, 5) is 46.3. The summed E-state index contributed by atoms with van der Waals surface area (Å²) >= 11 is 0. The summed E-state index contributed by atoms with van der Waals surface area (Å²) in [6, 6.07) is 27.6. The van der Waals surface area contributed by atoms with E-state index in [-0.39, 0.29) is 17.8 Å². The van der Waals surface area contributed by atoms with E-state index in [1.54, 1.807) is 4.57 Å². The Bertz CT molecular complexity index is 2790. The predicted molar refractivity (Wildman–Crippen MR) is 227 cm³/mol. The summed E-state index contributed by atoms with van der Waals surface area (Å²) in [7, 11) is 0. The highest BCUT2D eigenvalue weighted by Crippen LogP contribution is 2.33. The number of aromatic amines is 2. The lowest BCUT2D eigenvalue weighted by Gasteiger charge is -2.21. The van der Waals surface area contributed by atoms with Crippen molar-refractivity contribution in [1.82, 2.24) is 33.9 Å². The van der Waals surface area contributed by atoms with Gasteiger partial charge in [-0.15, -0.1) is 0 Å². The van der Waals surface area contributed by atoms with Gasteiger partial charge in [-0.3, -0.25) is 23.7 Å². The van der Waals surface area contributed by atoms with Gasteiger partial charge < -0.3 is 9.97 Å². The van der Waals surface area contributed by atoms with Crippen LogP contribution in [0.3, 0.4) is 0 Å². The first kappa shape index (κ1) is 34.7. The Hall–Kier alpha value is -5.77. The standard InChI is InChI=1S/C47H47N7O2/c55-46-41-29-37-10-9-32-7-1-2-8-40(32)44(37)50-45(41)53(25-17-38(30-51-21-3-4-22-51)33-11-13-42-35(27-33)15-19-48-42)47(56)54(46)26-18-39(31-52-23-5-6-24-52)34-12-14-43-36(28-34)16-20-49-43/h1-2,7-8,11-20,27-29,48-49H,3-6,9-10,21-26,30-31H2/b38-17+,39-18+. The van der Waals surface area contributed by atoms with Gasteiger partial charge in [-0.2, -0.15) is 0 Å². The second kappa shape index (κ2) is 14.7. The molecular weight excluding hydrogens is 695 g/mol. The van der Waals surface area contributed by atoms with Gasteiger partial charge in [0.2, 0.25) is 0 Å². The van der Waals surface area contributed by atoms with E-state index in [1.807, 2.05) is 24.5 Å². The monoisotopic (exact) mass is 741 g/mol. The van der Waals surface area contributed by atoms with Crippen LogP contribution in [0, 0.1) is 0 Å². The maximum atomic E-state index is 14.9. The number of nitrogens with zero attached hydrogens (tertiary/aromatic N) is 5. The molecule has 0 spiro atoms. The first-order valence-corrected chi connectivity index (χ1v) is 20.3. The van der Waals surface area contributed by atoms with Gasteiger partial charge in [0, 0.05) is 55.2 Å². The van der Waals surface area contributed by atoms with Crippen LogP contribution >= 0.6 is 0 Å². The Morgan fingerprint density at radius 3 is 1.84 bits per heavy atom. The van der Waals surface area contributed by atoms with Crippen LogP contribution in [0.25, 0.3) is 55.2 Å². The largest absolute Gasteiger partial charge is 0.361 e. The zero-order chi connectivity index (χ0) is 37.6. The normalized spacial score (nSPS) is 16.7. The summed E-state index contributed by atoms with van der Waals surface area (Å²) in [5, 5.41) is 2.80. The van der Waals surface area contributed by atoms with Crippen LogP contribution in [0.5, 0.6) is 0 Å². The zero-order valence-electron chi connectivity index (χ0n) is 31.8. The Morgan fingerprint density at radius 2 is 1.21 bits per heavy atom. The van der Waals surface area contributed by atoms with Gasteiger partial charge in [0.05, 0.1) is 11.1 Å². The molecular formula is C47H47N7O2. The first-order chi connectivity index (χ1) is 27.6. The Morgan fingerprint density at radius 1 is 0.643 bits per heavy atom. The Balaban J connectivity index is 1.11. The van der Waals surface area contributed by atoms with Crippen molar-refractivity contribution in [2.75, 3.05) is 39.3 Å². The minimum Gasteiger partial charge on any atom is -0.361 e. The second-order valence-corrected chi connectivity index (χ2v) is 15.8. The predicted octanol–water partition coefficient (Wildman–Crippen LogP) is 7.65. The molecule has 0 saturated carbocycles. The van der Waals surface area contributed by atoms with E-state index in [0.717, 1.165) is 107 Å². The maximum Gasteiger partial charge on any atom is 0.333 e. The van der Waals surface area contributed by atoms with Crippen molar-refractivity contribution in [1.29, 1.82) is 0 Å². The van der Waals surface area contributed by atoms with Crippen LogP contribution in [-0.4, -0.2) is 73.2 Å². The van der Waals surface area contributed by atoms with E-state index in [9.17, 15) is 9.59 Å². The fraction of sp³-hybridized carbons (Fsp3) is 0.298. The van der Waals surface area contributed by atoms with Gasteiger partial charge in [-0.05, 0) is 151 Å². The molecule has 10 rings (SSSR count). The first-order valence-electron chi connectivity index (χ1n) is 20.3. The molecule has 0 radical (unpaired) electrons. The second-order valence-electron chi connectivity index (χ2n) is 15.8. The van der Waals surface area contributed by atoms with Crippen molar-refractivity contribution in [3.8, 4) is 11.3 Å². The maximum absolute atomic E-state index is 14.9. The minimum absolute atomic E-state index is 0.177. The quantitative estimate of drug-likeness (QED) is 0.150.